The van der Waals surface area contributed by atoms with Crippen LogP contribution in [-0.2, 0) is 4.74 Å². The third-order valence-electron chi connectivity index (χ3n) is 4.93. The molecular formula is C21H32N2O. The van der Waals surface area contributed by atoms with E-state index >= 15 is 0 Å². The van der Waals surface area contributed by atoms with E-state index in [0.717, 1.165) is 63.2 Å². The van der Waals surface area contributed by atoms with Crippen LogP contribution < -0.4 is 5.32 Å². The Kier molecular flexibility index (Phi) is 6.92. The quantitative estimate of drug-likeness (QED) is 0.580. The van der Waals surface area contributed by atoms with E-state index in [4.69, 9.17) is 4.74 Å². The lowest BCUT2D eigenvalue weighted by molar-refractivity contribution is -0.0473. The summed E-state index contributed by atoms with van der Waals surface area (Å²) in [5, 5.41) is 3.56. The Bertz CT molecular complexity index is 534. The van der Waals surface area contributed by atoms with Gasteiger partial charge < -0.3 is 10.1 Å². The van der Waals surface area contributed by atoms with Gasteiger partial charge in [0, 0.05) is 39.0 Å². The molecule has 24 heavy (non-hydrogen) atoms. The molecule has 1 saturated heterocycles. The average molecular weight is 329 g/mol. The topological polar surface area (TPSA) is 24.5 Å². The second-order valence-corrected chi connectivity index (χ2v) is 6.80. The number of hydrogen-bond acceptors (Lipinski definition) is 3. The number of ether oxygens (including phenoxy) is 1. The number of hydrogen-bond donors (Lipinski definition) is 1. The molecule has 2 rings (SSSR count). The van der Waals surface area contributed by atoms with Crippen LogP contribution in [0.15, 0.2) is 60.6 Å². The highest BCUT2D eigenvalue weighted by molar-refractivity contribution is 5.20. The molecule has 0 atom stereocenters. The molecule has 0 aromatic rings. The summed E-state index contributed by atoms with van der Waals surface area (Å²) in [5.74, 6) is 1.07. The van der Waals surface area contributed by atoms with Crippen LogP contribution in [0.1, 0.15) is 39.5 Å². The predicted octanol–water partition coefficient (Wildman–Crippen LogP) is 4.33. The molecular weight excluding hydrogens is 296 g/mol. The van der Waals surface area contributed by atoms with Crippen molar-refractivity contribution in [2.24, 2.45) is 0 Å². The van der Waals surface area contributed by atoms with Crippen molar-refractivity contribution >= 4 is 0 Å². The van der Waals surface area contributed by atoms with Gasteiger partial charge in [-0.15, -0.1) is 0 Å². The summed E-state index contributed by atoms with van der Waals surface area (Å²) in [6, 6.07) is 0. The molecule has 0 amide bonds. The lowest BCUT2D eigenvalue weighted by Gasteiger charge is -2.41. The number of piperidine rings is 1. The van der Waals surface area contributed by atoms with E-state index in [2.05, 4.69) is 49.4 Å². The molecule has 0 aliphatic carbocycles. The standard InChI is InChI=1S/C21H32N2O/c1-5-7-9-18(3)17-23-15-12-21(13-16-23)11-14-22-20(10-8-6-2)19(4)24-21/h5-9,22H,1,3,10-17H2,2,4H3/b8-6?,9-7-. The van der Waals surface area contributed by atoms with Gasteiger partial charge >= 0.3 is 0 Å². The maximum absolute atomic E-state index is 6.47. The summed E-state index contributed by atoms with van der Waals surface area (Å²) in [4.78, 5) is 2.47. The predicted molar refractivity (Wildman–Crippen MR) is 103 cm³/mol. The summed E-state index contributed by atoms with van der Waals surface area (Å²) in [7, 11) is 0. The maximum Gasteiger partial charge on any atom is 0.113 e. The van der Waals surface area contributed by atoms with Crippen LogP contribution in [0.5, 0.6) is 0 Å². The minimum Gasteiger partial charge on any atom is -0.490 e. The van der Waals surface area contributed by atoms with Gasteiger partial charge in [-0.25, -0.2) is 0 Å². The Morgan fingerprint density at radius 1 is 1.33 bits per heavy atom. The Hall–Kier alpha value is -1.74. The molecule has 0 saturated carbocycles. The van der Waals surface area contributed by atoms with Gasteiger partial charge in [0.15, 0.2) is 0 Å². The largest absolute Gasteiger partial charge is 0.490 e. The highest BCUT2D eigenvalue weighted by atomic mass is 16.5. The van der Waals surface area contributed by atoms with Gasteiger partial charge in [-0.2, -0.15) is 0 Å². The molecule has 0 bridgehead atoms. The first-order chi connectivity index (χ1) is 11.6. The van der Waals surface area contributed by atoms with E-state index in [9.17, 15) is 0 Å². The van der Waals surface area contributed by atoms with Crippen LogP contribution in [0.3, 0.4) is 0 Å². The normalized spacial score (nSPS) is 21.8. The second kappa shape index (κ2) is 8.93. The molecule has 132 valence electrons. The van der Waals surface area contributed by atoms with Gasteiger partial charge in [-0.1, -0.05) is 43.5 Å². The van der Waals surface area contributed by atoms with Crippen molar-refractivity contribution in [2.45, 2.75) is 45.1 Å². The molecule has 0 unspecified atom stereocenters. The van der Waals surface area contributed by atoms with Crippen LogP contribution in [0.4, 0.5) is 0 Å². The van der Waals surface area contributed by atoms with Gasteiger partial charge in [-0.3, -0.25) is 4.90 Å². The van der Waals surface area contributed by atoms with Crippen molar-refractivity contribution in [3.63, 3.8) is 0 Å². The fourth-order valence-corrected chi connectivity index (χ4v) is 3.47. The van der Waals surface area contributed by atoms with Crippen molar-refractivity contribution < 1.29 is 4.74 Å². The first-order valence-corrected chi connectivity index (χ1v) is 9.01. The van der Waals surface area contributed by atoms with Gasteiger partial charge in [0.05, 0.1) is 5.70 Å². The Balaban J connectivity index is 1.92. The molecule has 0 radical (unpaired) electrons. The average Bonchev–Trinajstić information content (AvgIpc) is 2.72. The smallest absolute Gasteiger partial charge is 0.113 e. The third kappa shape index (κ3) is 5.13. The molecule has 1 fully saturated rings. The minimum absolute atomic E-state index is 0.00352. The third-order valence-corrected chi connectivity index (χ3v) is 4.93. The van der Waals surface area contributed by atoms with Crippen LogP contribution in [0, 0.1) is 0 Å². The monoisotopic (exact) mass is 328 g/mol. The van der Waals surface area contributed by atoms with Crippen LogP contribution in [0.2, 0.25) is 0 Å². The zero-order valence-corrected chi connectivity index (χ0v) is 15.3. The molecule has 3 heteroatoms. The van der Waals surface area contributed by atoms with E-state index in [1.165, 1.54) is 5.70 Å². The summed E-state index contributed by atoms with van der Waals surface area (Å²) >= 11 is 0. The SMILES string of the molecule is C=C/C=C\C(=C)CN1CCC2(CCNC(CC=CC)=C(C)O2)CC1. The fourth-order valence-electron chi connectivity index (χ4n) is 3.47. The van der Waals surface area contributed by atoms with E-state index < -0.39 is 0 Å². The molecule has 0 aromatic carbocycles. The van der Waals surface area contributed by atoms with E-state index in [-0.39, 0.29) is 5.60 Å². The summed E-state index contributed by atoms with van der Waals surface area (Å²) in [5.41, 5.74) is 2.37. The van der Waals surface area contributed by atoms with E-state index in [1.54, 1.807) is 6.08 Å². The molecule has 0 aromatic heterocycles. The molecule has 2 heterocycles. The number of nitrogens with zero attached hydrogens (tertiary/aromatic N) is 1. The van der Waals surface area contributed by atoms with Gasteiger partial charge in [-0.05, 0) is 32.3 Å². The van der Waals surface area contributed by atoms with E-state index in [0.29, 0.717) is 0 Å². The number of rotatable bonds is 6. The van der Waals surface area contributed by atoms with Crippen molar-refractivity contribution in [2.75, 3.05) is 26.2 Å². The summed E-state index contributed by atoms with van der Waals surface area (Å²) < 4.78 is 6.47. The number of likely N-dealkylation sites (tertiary alicyclic amines) is 1. The van der Waals surface area contributed by atoms with Crippen LogP contribution in [-0.4, -0.2) is 36.7 Å². The highest BCUT2D eigenvalue weighted by Gasteiger charge is 2.37. The maximum atomic E-state index is 6.47. The summed E-state index contributed by atoms with van der Waals surface area (Å²) in [6.45, 7) is 16.1. The molecule has 2 aliphatic heterocycles. The van der Waals surface area contributed by atoms with Crippen molar-refractivity contribution in [3.05, 3.63) is 60.6 Å². The fraction of sp³-hybridized carbons (Fsp3) is 0.524. The lowest BCUT2D eigenvalue weighted by Crippen LogP contribution is -2.46. The Morgan fingerprint density at radius 3 is 2.75 bits per heavy atom. The second-order valence-electron chi connectivity index (χ2n) is 6.80. The number of nitrogens with one attached hydrogen (secondary N) is 1. The molecule has 1 spiro atoms. The molecule has 3 nitrogen and oxygen atoms in total. The van der Waals surface area contributed by atoms with Crippen molar-refractivity contribution in [1.29, 1.82) is 0 Å². The van der Waals surface area contributed by atoms with Crippen LogP contribution >= 0.6 is 0 Å². The van der Waals surface area contributed by atoms with Gasteiger partial charge in [0.1, 0.15) is 11.4 Å². The van der Waals surface area contributed by atoms with E-state index in [1.807, 2.05) is 12.2 Å². The number of allylic oxidation sites excluding steroid dienone is 5. The molecule has 2 aliphatic rings. The molecule has 1 N–H and O–H groups in total. The van der Waals surface area contributed by atoms with Gasteiger partial charge in [0.2, 0.25) is 0 Å². The van der Waals surface area contributed by atoms with Crippen molar-refractivity contribution in [1.82, 2.24) is 10.2 Å². The minimum atomic E-state index is 0.00352. The summed E-state index contributed by atoms with van der Waals surface area (Å²) in [6.07, 6.45) is 14.2. The highest BCUT2D eigenvalue weighted by Crippen LogP contribution is 2.34. The van der Waals surface area contributed by atoms with Crippen molar-refractivity contribution in [3.8, 4) is 0 Å². The Labute approximate surface area is 147 Å². The van der Waals surface area contributed by atoms with Gasteiger partial charge in [0.25, 0.3) is 0 Å². The first kappa shape index (κ1) is 18.6. The lowest BCUT2D eigenvalue weighted by atomic mass is 9.87. The Morgan fingerprint density at radius 2 is 2.08 bits per heavy atom. The zero-order valence-electron chi connectivity index (χ0n) is 15.3. The zero-order chi connectivity index (χ0) is 17.4. The van der Waals surface area contributed by atoms with Crippen LogP contribution in [0.25, 0.3) is 0 Å². The first-order valence-electron chi connectivity index (χ1n) is 9.01.